The van der Waals surface area contributed by atoms with Crippen LogP contribution in [0.15, 0.2) is 42.5 Å². The zero-order valence-corrected chi connectivity index (χ0v) is 15.5. The number of carbonyl (C=O) groups excluding carboxylic acids is 2. The van der Waals surface area contributed by atoms with Gasteiger partial charge in [-0.2, -0.15) is 0 Å². The first-order valence-corrected chi connectivity index (χ1v) is 9.26. The van der Waals surface area contributed by atoms with Gasteiger partial charge in [-0.3, -0.25) is 9.59 Å². The molecule has 1 atom stereocenters. The van der Waals surface area contributed by atoms with Gasteiger partial charge in [0, 0.05) is 22.3 Å². The van der Waals surface area contributed by atoms with Crippen LogP contribution in [0, 0.1) is 11.6 Å². The Bertz CT molecular complexity index is 787. The van der Waals surface area contributed by atoms with Gasteiger partial charge in [-0.15, -0.1) is 11.8 Å². The molecule has 0 bridgehead atoms. The number of halogens is 3. The second-order valence-corrected chi connectivity index (χ2v) is 6.92. The summed E-state index contributed by atoms with van der Waals surface area (Å²) in [5, 5.41) is 5.87. The smallest absolute Gasteiger partial charge is 0.234 e. The normalized spacial score (nSPS) is 11.7. The molecule has 2 aromatic rings. The Labute approximate surface area is 159 Å². The van der Waals surface area contributed by atoms with E-state index in [4.69, 9.17) is 11.6 Å². The minimum absolute atomic E-state index is 0.0428. The molecule has 0 radical (unpaired) electrons. The Morgan fingerprint density at radius 3 is 2.38 bits per heavy atom. The number of thioether (sulfide) groups is 1. The number of nitrogens with one attached hydrogen (secondary N) is 2. The van der Waals surface area contributed by atoms with Crippen molar-refractivity contribution < 1.29 is 18.4 Å². The van der Waals surface area contributed by atoms with E-state index in [2.05, 4.69) is 10.6 Å². The molecule has 0 saturated carbocycles. The van der Waals surface area contributed by atoms with E-state index in [-0.39, 0.29) is 28.9 Å². The van der Waals surface area contributed by atoms with Gasteiger partial charge >= 0.3 is 0 Å². The monoisotopic (exact) mass is 398 g/mol. The fourth-order valence-electron chi connectivity index (χ4n) is 2.18. The van der Waals surface area contributed by atoms with Gasteiger partial charge in [0.2, 0.25) is 11.8 Å². The summed E-state index contributed by atoms with van der Waals surface area (Å²) < 4.78 is 26.6. The zero-order valence-electron chi connectivity index (χ0n) is 13.9. The van der Waals surface area contributed by atoms with Gasteiger partial charge in [0.05, 0.1) is 17.5 Å². The van der Waals surface area contributed by atoms with Gasteiger partial charge in [0.1, 0.15) is 11.6 Å². The summed E-state index contributed by atoms with van der Waals surface area (Å²) >= 11 is 6.90. The molecule has 4 nitrogen and oxygen atoms in total. The van der Waals surface area contributed by atoms with Crippen molar-refractivity contribution in [1.82, 2.24) is 5.32 Å². The van der Waals surface area contributed by atoms with Crippen LogP contribution in [0.1, 0.15) is 18.5 Å². The Kier molecular flexibility index (Phi) is 7.41. The maximum Gasteiger partial charge on any atom is 0.234 e. The maximum atomic E-state index is 13.7. The van der Waals surface area contributed by atoms with Gasteiger partial charge in [0.25, 0.3) is 0 Å². The van der Waals surface area contributed by atoms with Gasteiger partial charge < -0.3 is 10.6 Å². The number of rotatable bonds is 7. The van der Waals surface area contributed by atoms with E-state index >= 15 is 0 Å². The van der Waals surface area contributed by atoms with Crippen molar-refractivity contribution in [1.29, 1.82) is 0 Å². The second kappa shape index (κ2) is 9.54. The van der Waals surface area contributed by atoms with Crippen molar-refractivity contribution in [3.05, 3.63) is 64.7 Å². The van der Waals surface area contributed by atoms with E-state index in [1.165, 1.54) is 6.07 Å². The topological polar surface area (TPSA) is 58.2 Å². The Balaban J connectivity index is 1.74. The molecule has 8 heteroatoms. The standard InChI is InChI=1S/C18H17ClF2N2O2S/c1-11(15-7-4-13(20)8-16(15)21)22-17(24)9-26-10-18(25)23-14-5-2-12(19)3-6-14/h2-8,11H,9-10H2,1H3,(H,22,24)(H,23,25)/t11-/m0/s1. The van der Waals surface area contributed by atoms with E-state index < -0.39 is 17.7 Å². The second-order valence-electron chi connectivity index (χ2n) is 5.50. The average molecular weight is 399 g/mol. The zero-order chi connectivity index (χ0) is 19.1. The lowest BCUT2D eigenvalue weighted by atomic mass is 10.1. The third-order valence-corrected chi connectivity index (χ3v) is 4.59. The van der Waals surface area contributed by atoms with Gasteiger partial charge in [-0.05, 0) is 37.3 Å². The molecule has 2 rings (SSSR count). The van der Waals surface area contributed by atoms with E-state index in [1.807, 2.05) is 0 Å². The number of hydrogen-bond acceptors (Lipinski definition) is 3. The van der Waals surface area contributed by atoms with E-state index in [0.29, 0.717) is 10.7 Å². The molecule has 2 aromatic carbocycles. The van der Waals surface area contributed by atoms with Crippen molar-refractivity contribution in [2.45, 2.75) is 13.0 Å². The molecule has 0 heterocycles. The van der Waals surface area contributed by atoms with Crippen LogP contribution in [-0.4, -0.2) is 23.3 Å². The minimum atomic E-state index is -0.715. The first kappa shape index (κ1) is 20.2. The highest BCUT2D eigenvalue weighted by Gasteiger charge is 2.14. The summed E-state index contributed by atoms with van der Waals surface area (Å²) in [6, 6.07) is 9.27. The maximum absolute atomic E-state index is 13.7. The van der Waals surface area contributed by atoms with Crippen LogP contribution < -0.4 is 10.6 Å². The summed E-state index contributed by atoms with van der Waals surface area (Å²) in [5.41, 5.74) is 0.815. The molecule has 2 N–H and O–H groups in total. The predicted molar refractivity (Wildman–Crippen MR) is 100 cm³/mol. The highest BCUT2D eigenvalue weighted by Crippen LogP contribution is 2.18. The van der Waals surface area contributed by atoms with Crippen LogP contribution in [0.25, 0.3) is 0 Å². The fourth-order valence-corrected chi connectivity index (χ4v) is 2.93. The molecule has 0 aliphatic rings. The molecule has 0 spiro atoms. The number of carbonyl (C=O) groups is 2. The van der Waals surface area contributed by atoms with Crippen molar-refractivity contribution in [2.24, 2.45) is 0 Å². The molecule has 2 amide bonds. The van der Waals surface area contributed by atoms with Crippen molar-refractivity contribution in [3.63, 3.8) is 0 Å². The predicted octanol–water partition coefficient (Wildman–Crippen LogP) is 4.17. The van der Waals surface area contributed by atoms with Crippen LogP contribution in [0.3, 0.4) is 0 Å². The number of anilines is 1. The number of benzene rings is 2. The molecule has 26 heavy (non-hydrogen) atoms. The highest BCUT2D eigenvalue weighted by atomic mass is 35.5. The third-order valence-electron chi connectivity index (χ3n) is 3.40. The first-order chi connectivity index (χ1) is 12.3. The van der Waals surface area contributed by atoms with Crippen LogP contribution in [-0.2, 0) is 9.59 Å². The van der Waals surface area contributed by atoms with E-state index in [0.717, 1.165) is 23.9 Å². The molecule has 0 aromatic heterocycles. The van der Waals surface area contributed by atoms with Gasteiger partial charge in [0.15, 0.2) is 0 Å². The van der Waals surface area contributed by atoms with Crippen LogP contribution in [0.2, 0.25) is 5.02 Å². The first-order valence-electron chi connectivity index (χ1n) is 7.72. The molecular weight excluding hydrogens is 382 g/mol. The van der Waals surface area contributed by atoms with Crippen molar-refractivity contribution >= 4 is 40.9 Å². The molecule has 138 valence electrons. The molecule has 0 aliphatic carbocycles. The summed E-state index contributed by atoms with van der Waals surface area (Å²) in [4.78, 5) is 23.7. The largest absolute Gasteiger partial charge is 0.349 e. The highest BCUT2D eigenvalue weighted by molar-refractivity contribution is 8.00. The van der Waals surface area contributed by atoms with Crippen molar-refractivity contribution in [3.8, 4) is 0 Å². The van der Waals surface area contributed by atoms with Gasteiger partial charge in [-0.1, -0.05) is 17.7 Å². The lowest BCUT2D eigenvalue weighted by Crippen LogP contribution is -2.29. The quantitative estimate of drug-likeness (QED) is 0.736. The Morgan fingerprint density at radius 2 is 1.73 bits per heavy atom. The molecule has 0 saturated heterocycles. The lowest BCUT2D eigenvalue weighted by Gasteiger charge is -2.15. The van der Waals surface area contributed by atoms with Crippen LogP contribution in [0.5, 0.6) is 0 Å². The SMILES string of the molecule is C[C@H](NC(=O)CSCC(=O)Nc1ccc(Cl)cc1)c1ccc(F)cc1F. The summed E-state index contributed by atoms with van der Waals surface area (Å²) in [7, 11) is 0. The summed E-state index contributed by atoms with van der Waals surface area (Å²) in [6.07, 6.45) is 0. The van der Waals surface area contributed by atoms with Crippen LogP contribution >= 0.6 is 23.4 Å². The fraction of sp³-hybridized carbons (Fsp3) is 0.222. The summed E-state index contributed by atoms with van der Waals surface area (Å²) in [6.45, 7) is 1.60. The molecule has 0 fully saturated rings. The third kappa shape index (κ3) is 6.31. The Morgan fingerprint density at radius 1 is 1.08 bits per heavy atom. The molecule has 0 unspecified atom stereocenters. The summed E-state index contributed by atoms with van der Waals surface area (Å²) in [5.74, 6) is -1.84. The van der Waals surface area contributed by atoms with Gasteiger partial charge in [-0.25, -0.2) is 8.78 Å². The molecular formula is C18H17ClF2N2O2S. The number of hydrogen-bond donors (Lipinski definition) is 2. The average Bonchev–Trinajstić information content (AvgIpc) is 2.56. The molecule has 0 aliphatic heterocycles. The van der Waals surface area contributed by atoms with E-state index in [9.17, 15) is 18.4 Å². The van der Waals surface area contributed by atoms with Crippen LogP contribution in [0.4, 0.5) is 14.5 Å². The lowest BCUT2D eigenvalue weighted by molar-refractivity contribution is -0.119. The van der Waals surface area contributed by atoms with E-state index in [1.54, 1.807) is 31.2 Å². The Hall–Kier alpha value is -2.12. The van der Waals surface area contributed by atoms with Crippen molar-refractivity contribution in [2.75, 3.05) is 16.8 Å². The number of amides is 2. The minimum Gasteiger partial charge on any atom is -0.349 e.